The van der Waals surface area contributed by atoms with Crippen LogP contribution < -0.4 is 0 Å². The van der Waals surface area contributed by atoms with Crippen LogP contribution in [0.15, 0.2) is 35.9 Å². The van der Waals surface area contributed by atoms with Crippen LogP contribution in [-0.4, -0.2) is 10.9 Å². The van der Waals surface area contributed by atoms with Gasteiger partial charge >= 0.3 is 0 Å². The van der Waals surface area contributed by atoms with Gasteiger partial charge in [0, 0.05) is 6.42 Å². The molecule has 0 spiro atoms. The summed E-state index contributed by atoms with van der Waals surface area (Å²) in [6.07, 6.45) is 6.07. The maximum Gasteiger partial charge on any atom is 0.159 e. The van der Waals surface area contributed by atoms with Crippen molar-refractivity contribution in [2.75, 3.05) is 0 Å². The number of rotatable bonds is 0. The lowest BCUT2D eigenvalue weighted by Gasteiger charge is -2.24. The van der Waals surface area contributed by atoms with E-state index in [4.69, 9.17) is 0 Å². The van der Waals surface area contributed by atoms with Crippen molar-refractivity contribution in [1.82, 2.24) is 0 Å². The number of carbonyl (C=O) groups is 1. The lowest BCUT2D eigenvalue weighted by Crippen LogP contribution is -2.10. The van der Waals surface area contributed by atoms with Gasteiger partial charge in [0.1, 0.15) is 5.75 Å². The quantitative estimate of drug-likeness (QED) is 0.717. The van der Waals surface area contributed by atoms with Gasteiger partial charge < -0.3 is 5.11 Å². The molecule has 2 aliphatic rings. The molecule has 0 radical (unpaired) electrons. The van der Waals surface area contributed by atoms with Crippen molar-refractivity contribution in [3.8, 4) is 5.75 Å². The van der Waals surface area contributed by atoms with Crippen molar-refractivity contribution in [1.29, 1.82) is 0 Å². The molecule has 1 aromatic rings. The SMILES string of the molecule is O=C1C=C2CCc3cc(O)ccc3C2=CC1. The first-order valence-corrected chi connectivity index (χ1v) is 5.50. The highest BCUT2D eigenvalue weighted by atomic mass is 16.3. The van der Waals surface area contributed by atoms with Crippen molar-refractivity contribution in [3.63, 3.8) is 0 Å². The molecule has 0 unspecified atom stereocenters. The minimum Gasteiger partial charge on any atom is -0.508 e. The van der Waals surface area contributed by atoms with E-state index in [0.29, 0.717) is 12.2 Å². The monoisotopic (exact) mass is 212 g/mol. The molecular weight excluding hydrogens is 200 g/mol. The number of phenolic OH excluding ortho intramolecular Hbond substituents is 1. The van der Waals surface area contributed by atoms with Crippen LogP contribution in [0, 0.1) is 0 Å². The summed E-state index contributed by atoms with van der Waals surface area (Å²) in [5.74, 6) is 0.514. The third kappa shape index (κ3) is 1.38. The first kappa shape index (κ1) is 9.40. The average Bonchev–Trinajstić information content (AvgIpc) is 2.28. The van der Waals surface area contributed by atoms with Gasteiger partial charge in [-0.2, -0.15) is 0 Å². The minimum atomic E-state index is 0.195. The van der Waals surface area contributed by atoms with Crippen molar-refractivity contribution in [3.05, 3.63) is 47.1 Å². The first-order valence-electron chi connectivity index (χ1n) is 5.50. The van der Waals surface area contributed by atoms with Crippen molar-refractivity contribution < 1.29 is 9.90 Å². The Kier molecular flexibility index (Phi) is 1.96. The third-order valence-electron chi connectivity index (χ3n) is 3.23. The Hall–Kier alpha value is -1.83. The Morgan fingerprint density at radius 3 is 2.94 bits per heavy atom. The molecule has 3 rings (SSSR count). The molecule has 0 saturated heterocycles. The smallest absolute Gasteiger partial charge is 0.159 e. The summed E-state index contributed by atoms with van der Waals surface area (Å²) in [7, 11) is 0. The van der Waals surface area contributed by atoms with Crippen LogP contribution in [0.4, 0.5) is 0 Å². The van der Waals surface area contributed by atoms with E-state index in [2.05, 4.69) is 0 Å². The number of aryl methyl sites for hydroxylation is 1. The number of phenols is 1. The average molecular weight is 212 g/mol. The molecule has 2 aliphatic carbocycles. The van der Waals surface area contributed by atoms with E-state index in [9.17, 15) is 9.90 Å². The van der Waals surface area contributed by atoms with E-state index >= 15 is 0 Å². The number of ketones is 1. The highest BCUT2D eigenvalue weighted by Crippen LogP contribution is 2.38. The van der Waals surface area contributed by atoms with E-state index in [1.54, 1.807) is 12.1 Å². The van der Waals surface area contributed by atoms with Crippen LogP contribution in [-0.2, 0) is 11.2 Å². The fourth-order valence-corrected chi connectivity index (χ4v) is 2.47. The fourth-order valence-electron chi connectivity index (χ4n) is 2.47. The number of allylic oxidation sites excluding steroid dienone is 4. The normalized spacial score (nSPS) is 18.4. The van der Waals surface area contributed by atoms with E-state index < -0.39 is 0 Å². The Labute approximate surface area is 93.9 Å². The molecule has 80 valence electrons. The second-order valence-electron chi connectivity index (χ2n) is 4.30. The molecule has 1 N–H and O–H groups in total. The standard InChI is InChI=1S/C14H12O2/c15-11-3-5-13-9(7-11)1-2-10-8-12(16)4-6-14(10)13/h3,5-8,15H,1-2,4H2. The van der Waals surface area contributed by atoms with Crippen LogP contribution in [0.3, 0.4) is 0 Å². The van der Waals surface area contributed by atoms with Gasteiger partial charge in [0.05, 0.1) is 0 Å². The van der Waals surface area contributed by atoms with Gasteiger partial charge in [0.2, 0.25) is 0 Å². The Bertz CT molecular complexity index is 536. The van der Waals surface area contributed by atoms with Crippen LogP contribution in [0.25, 0.3) is 5.57 Å². The molecule has 2 heteroatoms. The van der Waals surface area contributed by atoms with Gasteiger partial charge in [0.25, 0.3) is 0 Å². The lowest BCUT2D eigenvalue weighted by molar-refractivity contribution is -0.113. The Balaban J connectivity index is 2.14. The number of hydrogen-bond donors (Lipinski definition) is 1. The highest BCUT2D eigenvalue weighted by Gasteiger charge is 2.21. The van der Waals surface area contributed by atoms with Crippen LogP contribution in [0.2, 0.25) is 0 Å². The van der Waals surface area contributed by atoms with Gasteiger partial charge in [-0.1, -0.05) is 12.1 Å². The van der Waals surface area contributed by atoms with Gasteiger partial charge in [0.15, 0.2) is 5.78 Å². The van der Waals surface area contributed by atoms with E-state index in [1.807, 2.05) is 18.2 Å². The Morgan fingerprint density at radius 2 is 2.06 bits per heavy atom. The highest BCUT2D eigenvalue weighted by molar-refractivity contribution is 6.01. The molecule has 1 aromatic carbocycles. The minimum absolute atomic E-state index is 0.195. The van der Waals surface area contributed by atoms with E-state index in [1.165, 1.54) is 16.7 Å². The van der Waals surface area contributed by atoms with Crippen molar-refractivity contribution >= 4 is 11.4 Å². The summed E-state index contributed by atoms with van der Waals surface area (Å²) in [5, 5.41) is 9.44. The summed E-state index contributed by atoms with van der Waals surface area (Å²) in [6, 6.07) is 5.47. The number of benzene rings is 1. The predicted octanol–water partition coefficient (Wildman–Crippen LogP) is 2.62. The number of hydrogen-bond acceptors (Lipinski definition) is 2. The molecule has 0 heterocycles. The zero-order valence-electron chi connectivity index (χ0n) is 8.86. The second kappa shape index (κ2) is 3.34. The summed E-state index contributed by atoms with van der Waals surface area (Å²) in [5.41, 5.74) is 4.68. The number of carbonyl (C=O) groups excluding carboxylic acids is 1. The molecule has 0 amide bonds. The maximum absolute atomic E-state index is 11.3. The topological polar surface area (TPSA) is 37.3 Å². The van der Waals surface area contributed by atoms with Crippen LogP contribution in [0.5, 0.6) is 5.75 Å². The molecule has 0 saturated carbocycles. The molecule has 0 aliphatic heterocycles. The lowest BCUT2D eigenvalue weighted by atomic mass is 9.80. The predicted molar refractivity (Wildman–Crippen MR) is 62.1 cm³/mol. The van der Waals surface area contributed by atoms with Gasteiger partial charge in [-0.25, -0.2) is 0 Å². The number of aromatic hydroxyl groups is 1. The van der Waals surface area contributed by atoms with Crippen LogP contribution >= 0.6 is 0 Å². The summed E-state index contributed by atoms with van der Waals surface area (Å²) < 4.78 is 0. The second-order valence-corrected chi connectivity index (χ2v) is 4.30. The molecule has 0 aromatic heterocycles. The van der Waals surface area contributed by atoms with Crippen molar-refractivity contribution in [2.24, 2.45) is 0 Å². The molecule has 0 fully saturated rings. The third-order valence-corrected chi connectivity index (χ3v) is 3.23. The van der Waals surface area contributed by atoms with Gasteiger partial charge in [-0.3, -0.25) is 4.79 Å². The molecule has 2 nitrogen and oxygen atoms in total. The summed E-state index contributed by atoms with van der Waals surface area (Å²) >= 11 is 0. The van der Waals surface area contributed by atoms with Crippen LogP contribution in [0.1, 0.15) is 24.0 Å². The largest absolute Gasteiger partial charge is 0.508 e. The molecular formula is C14H12O2. The van der Waals surface area contributed by atoms with E-state index in [0.717, 1.165) is 18.4 Å². The molecule has 16 heavy (non-hydrogen) atoms. The zero-order chi connectivity index (χ0) is 11.1. The fraction of sp³-hybridized carbons (Fsp3) is 0.214. The van der Waals surface area contributed by atoms with Gasteiger partial charge in [-0.05, 0) is 53.3 Å². The summed E-state index contributed by atoms with van der Waals surface area (Å²) in [6.45, 7) is 0. The Morgan fingerprint density at radius 1 is 1.19 bits per heavy atom. The van der Waals surface area contributed by atoms with Gasteiger partial charge in [-0.15, -0.1) is 0 Å². The first-order chi connectivity index (χ1) is 7.74. The molecule has 0 bridgehead atoms. The number of fused-ring (bicyclic) bond motifs is 3. The molecule has 0 atom stereocenters. The maximum atomic E-state index is 11.3. The zero-order valence-corrected chi connectivity index (χ0v) is 8.86. The van der Waals surface area contributed by atoms with Crippen molar-refractivity contribution in [2.45, 2.75) is 19.3 Å². The summed E-state index contributed by atoms with van der Waals surface area (Å²) in [4.78, 5) is 11.3. The van der Waals surface area contributed by atoms with E-state index in [-0.39, 0.29) is 5.78 Å².